The van der Waals surface area contributed by atoms with Gasteiger partial charge in [-0.25, -0.2) is 9.18 Å². The van der Waals surface area contributed by atoms with Gasteiger partial charge in [0.05, 0.1) is 13.2 Å². The lowest BCUT2D eigenvalue weighted by Gasteiger charge is -2.13. The van der Waals surface area contributed by atoms with E-state index < -0.39 is 11.8 Å². The van der Waals surface area contributed by atoms with E-state index in [1.165, 1.54) is 12.1 Å². The molecule has 138 valence electrons. The molecule has 0 saturated heterocycles. The first-order valence-electron chi connectivity index (χ1n) is 8.36. The predicted molar refractivity (Wildman–Crippen MR) is 95.4 cm³/mol. The summed E-state index contributed by atoms with van der Waals surface area (Å²) in [6.45, 7) is 0.987. The van der Waals surface area contributed by atoms with Crippen LogP contribution in [0.25, 0.3) is 0 Å². The first-order chi connectivity index (χ1) is 12.7. The fraction of sp³-hybridized carbons (Fsp3) is 0.316. The van der Waals surface area contributed by atoms with Gasteiger partial charge in [0.15, 0.2) is 11.6 Å². The Balaban J connectivity index is 1.46. The quantitative estimate of drug-likeness (QED) is 0.745. The first kappa shape index (κ1) is 18.0. The molecule has 0 radical (unpaired) electrons. The predicted octanol–water partition coefficient (Wildman–Crippen LogP) is 2.98. The van der Waals surface area contributed by atoms with E-state index in [1.54, 1.807) is 13.2 Å². The van der Waals surface area contributed by atoms with Crippen LogP contribution in [-0.2, 0) is 11.2 Å². The van der Waals surface area contributed by atoms with Crippen molar-refractivity contribution >= 4 is 11.7 Å². The van der Waals surface area contributed by atoms with Crippen LogP contribution in [0.15, 0.2) is 42.5 Å². The number of benzene rings is 2. The maximum atomic E-state index is 14.0. The molecule has 2 N–H and O–H groups in total. The maximum Gasteiger partial charge on any atom is 0.319 e. The van der Waals surface area contributed by atoms with Crippen LogP contribution in [0.2, 0.25) is 0 Å². The van der Waals surface area contributed by atoms with Gasteiger partial charge < -0.3 is 24.8 Å². The Morgan fingerprint density at radius 2 is 2.12 bits per heavy atom. The summed E-state index contributed by atoms with van der Waals surface area (Å²) in [6.07, 6.45) is 0.643. The van der Waals surface area contributed by atoms with E-state index in [0.717, 1.165) is 17.7 Å². The molecule has 7 heteroatoms. The number of para-hydroxylation sites is 1. The lowest BCUT2D eigenvalue weighted by molar-refractivity contribution is 0.144. The lowest BCUT2D eigenvalue weighted by atomic mass is 10.1. The van der Waals surface area contributed by atoms with Gasteiger partial charge in [-0.15, -0.1) is 0 Å². The number of hydrogen-bond acceptors (Lipinski definition) is 4. The number of carbonyl (C=O) groups is 1. The minimum Gasteiger partial charge on any atom is -0.488 e. The van der Waals surface area contributed by atoms with Crippen LogP contribution in [0.3, 0.4) is 0 Å². The van der Waals surface area contributed by atoms with Crippen molar-refractivity contribution in [3.63, 3.8) is 0 Å². The molecule has 6 nitrogen and oxygen atoms in total. The molecule has 0 saturated carbocycles. The SMILES string of the molecule is COCCOc1ccc(NC(=O)NCC2Cc3ccccc3O2)cc1F. The Hall–Kier alpha value is -2.80. The molecule has 0 aromatic heterocycles. The summed E-state index contributed by atoms with van der Waals surface area (Å²) in [6, 6.07) is 11.6. The van der Waals surface area contributed by atoms with Crippen molar-refractivity contribution in [1.29, 1.82) is 0 Å². The second kappa shape index (κ2) is 8.53. The number of fused-ring (bicyclic) bond motifs is 1. The lowest BCUT2D eigenvalue weighted by Crippen LogP contribution is -2.37. The average Bonchev–Trinajstić information content (AvgIpc) is 3.05. The molecule has 3 rings (SSSR count). The van der Waals surface area contributed by atoms with Crippen LogP contribution < -0.4 is 20.1 Å². The van der Waals surface area contributed by atoms with E-state index >= 15 is 0 Å². The normalized spacial score (nSPS) is 15.1. The van der Waals surface area contributed by atoms with E-state index in [0.29, 0.717) is 18.8 Å². The topological polar surface area (TPSA) is 68.8 Å². The number of methoxy groups -OCH3 is 1. The van der Waals surface area contributed by atoms with Gasteiger partial charge in [-0.05, 0) is 23.8 Å². The van der Waals surface area contributed by atoms with Crippen molar-refractivity contribution in [2.45, 2.75) is 12.5 Å². The summed E-state index contributed by atoms with van der Waals surface area (Å²) in [5.74, 6) is 0.421. The van der Waals surface area contributed by atoms with Gasteiger partial charge >= 0.3 is 6.03 Å². The Kier molecular flexibility index (Phi) is 5.91. The van der Waals surface area contributed by atoms with Gasteiger partial charge in [0, 0.05) is 25.3 Å². The molecule has 1 unspecified atom stereocenters. The van der Waals surface area contributed by atoms with Gasteiger partial charge in [-0.3, -0.25) is 0 Å². The number of halogens is 1. The summed E-state index contributed by atoms with van der Waals surface area (Å²) in [5.41, 5.74) is 1.47. The second-order valence-corrected chi connectivity index (χ2v) is 5.87. The number of rotatable bonds is 7. The smallest absolute Gasteiger partial charge is 0.319 e. The minimum atomic E-state index is -0.548. The summed E-state index contributed by atoms with van der Waals surface area (Å²) >= 11 is 0. The molecule has 0 aliphatic carbocycles. The Morgan fingerprint density at radius 1 is 1.27 bits per heavy atom. The Morgan fingerprint density at radius 3 is 2.88 bits per heavy atom. The third kappa shape index (κ3) is 4.64. The molecular weight excluding hydrogens is 339 g/mol. The van der Waals surface area contributed by atoms with Crippen molar-refractivity contribution in [2.75, 3.05) is 32.2 Å². The highest BCUT2D eigenvalue weighted by Crippen LogP contribution is 2.27. The monoisotopic (exact) mass is 360 g/mol. The van der Waals surface area contributed by atoms with Crippen molar-refractivity contribution < 1.29 is 23.4 Å². The number of urea groups is 1. The third-order valence-corrected chi connectivity index (χ3v) is 3.94. The summed E-state index contributed by atoms with van der Waals surface area (Å²) in [5, 5.41) is 5.34. The Labute approximate surface area is 151 Å². The largest absolute Gasteiger partial charge is 0.488 e. The second-order valence-electron chi connectivity index (χ2n) is 5.87. The van der Waals surface area contributed by atoms with E-state index in [2.05, 4.69) is 10.6 Å². The van der Waals surface area contributed by atoms with Crippen molar-refractivity contribution in [3.8, 4) is 11.5 Å². The van der Waals surface area contributed by atoms with Gasteiger partial charge in [0.1, 0.15) is 18.5 Å². The highest BCUT2D eigenvalue weighted by molar-refractivity contribution is 5.89. The zero-order valence-corrected chi connectivity index (χ0v) is 14.5. The van der Waals surface area contributed by atoms with E-state index in [1.807, 2.05) is 24.3 Å². The molecule has 1 aliphatic heterocycles. The molecule has 2 aromatic rings. The number of anilines is 1. The fourth-order valence-corrected chi connectivity index (χ4v) is 2.68. The molecule has 2 amide bonds. The van der Waals surface area contributed by atoms with Gasteiger partial charge in [-0.1, -0.05) is 18.2 Å². The zero-order valence-electron chi connectivity index (χ0n) is 14.5. The van der Waals surface area contributed by atoms with Crippen LogP contribution in [0.5, 0.6) is 11.5 Å². The van der Waals surface area contributed by atoms with Crippen LogP contribution in [0.4, 0.5) is 14.9 Å². The summed E-state index contributed by atoms with van der Waals surface area (Å²) in [4.78, 5) is 12.0. The van der Waals surface area contributed by atoms with Crippen LogP contribution in [0.1, 0.15) is 5.56 Å². The van der Waals surface area contributed by atoms with Gasteiger partial charge in [-0.2, -0.15) is 0 Å². The fourth-order valence-electron chi connectivity index (χ4n) is 2.68. The number of amides is 2. The average molecular weight is 360 g/mol. The number of ether oxygens (including phenoxy) is 3. The van der Waals surface area contributed by atoms with Crippen molar-refractivity contribution in [3.05, 3.63) is 53.8 Å². The molecule has 1 aliphatic rings. The molecule has 2 aromatic carbocycles. The van der Waals surface area contributed by atoms with Crippen LogP contribution in [0, 0.1) is 5.82 Å². The summed E-state index contributed by atoms with van der Waals surface area (Å²) < 4.78 is 29.8. The standard InChI is InChI=1S/C19H21FN2O4/c1-24-8-9-25-18-7-6-14(11-16(18)20)22-19(23)21-12-15-10-13-4-2-3-5-17(13)26-15/h2-7,11,15H,8-10,12H2,1H3,(H2,21,22,23). The molecular formula is C19H21FN2O4. The molecule has 1 atom stereocenters. The van der Waals surface area contributed by atoms with Crippen LogP contribution in [-0.4, -0.2) is 39.0 Å². The summed E-state index contributed by atoms with van der Waals surface area (Å²) in [7, 11) is 1.54. The van der Waals surface area contributed by atoms with E-state index in [4.69, 9.17) is 14.2 Å². The van der Waals surface area contributed by atoms with Crippen molar-refractivity contribution in [1.82, 2.24) is 5.32 Å². The number of nitrogens with one attached hydrogen (secondary N) is 2. The van der Waals surface area contributed by atoms with Crippen LogP contribution >= 0.6 is 0 Å². The van der Waals surface area contributed by atoms with E-state index in [-0.39, 0.29) is 18.5 Å². The Bertz CT molecular complexity index is 744. The first-order valence-corrected chi connectivity index (χ1v) is 8.36. The third-order valence-electron chi connectivity index (χ3n) is 3.94. The highest BCUT2D eigenvalue weighted by Gasteiger charge is 2.22. The molecule has 1 heterocycles. The van der Waals surface area contributed by atoms with E-state index in [9.17, 15) is 9.18 Å². The van der Waals surface area contributed by atoms with Crippen molar-refractivity contribution in [2.24, 2.45) is 0 Å². The van der Waals surface area contributed by atoms with Gasteiger partial charge in [0.25, 0.3) is 0 Å². The molecule has 0 fully saturated rings. The number of carbonyl (C=O) groups excluding carboxylic acids is 1. The zero-order chi connectivity index (χ0) is 18.4. The molecule has 0 bridgehead atoms. The van der Waals surface area contributed by atoms with Gasteiger partial charge in [0.2, 0.25) is 0 Å². The highest BCUT2D eigenvalue weighted by atomic mass is 19.1. The molecule has 26 heavy (non-hydrogen) atoms. The minimum absolute atomic E-state index is 0.105. The number of hydrogen-bond donors (Lipinski definition) is 2. The maximum absolute atomic E-state index is 14.0. The molecule has 0 spiro atoms.